The van der Waals surface area contributed by atoms with Crippen molar-refractivity contribution in [2.45, 2.75) is 16.2 Å². The zero-order valence-corrected chi connectivity index (χ0v) is 55.9. The number of rotatable bonds is 14. The first kappa shape index (κ1) is 61.0. The Labute approximate surface area is 597 Å². The molecule has 0 saturated heterocycles. The Bertz CT molecular complexity index is 5610. The van der Waals surface area contributed by atoms with Gasteiger partial charge in [-0.1, -0.05) is 250 Å². The van der Waals surface area contributed by atoms with Crippen LogP contribution < -0.4 is 19.1 Å². The van der Waals surface area contributed by atoms with Crippen molar-refractivity contribution in [3.05, 3.63) is 448 Å². The number of hydrogen-bond acceptors (Lipinski definition) is 4. The highest BCUT2D eigenvalue weighted by Gasteiger charge is 2.52. The molecule has 0 N–H and O–H groups in total. The molecule has 1 spiro atoms. The lowest BCUT2D eigenvalue weighted by Gasteiger charge is -2.39. The van der Waals surface area contributed by atoms with Gasteiger partial charge >= 0.3 is 0 Å². The van der Waals surface area contributed by atoms with E-state index in [0.717, 1.165) is 129 Å². The predicted octanol–water partition coefficient (Wildman–Crippen LogP) is 25.2. The van der Waals surface area contributed by atoms with Crippen LogP contribution in [0.3, 0.4) is 0 Å². The van der Waals surface area contributed by atoms with Crippen LogP contribution in [-0.2, 0) is 16.2 Å². The van der Waals surface area contributed by atoms with E-state index < -0.39 is 16.2 Å². The molecular formula is C97H63F2NO3. The predicted molar refractivity (Wildman–Crippen MR) is 412 cm³/mol. The molecule has 15 aromatic rings. The molecule has 4 aliphatic rings. The van der Waals surface area contributed by atoms with Crippen molar-refractivity contribution < 1.29 is 23.0 Å². The fourth-order valence-electron chi connectivity index (χ4n) is 17.3. The van der Waals surface area contributed by atoms with Crippen LogP contribution in [0.25, 0.3) is 56.7 Å². The molecule has 1 aliphatic heterocycles. The van der Waals surface area contributed by atoms with Crippen molar-refractivity contribution in [3.8, 4) is 79.0 Å². The normalized spacial score (nSPS) is 15.6. The Balaban J connectivity index is 0.852. The van der Waals surface area contributed by atoms with Gasteiger partial charge < -0.3 is 19.1 Å². The second kappa shape index (κ2) is 24.0. The lowest BCUT2D eigenvalue weighted by Crippen LogP contribution is -2.32. The summed E-state index contributed by atoms with van der Waals surface area (Å²) in [4.78, 5) is 2.41. The van der Waals surface area contributed by atoms with Gasteiger partial charge in [-0.3, -0.25) is 0 Å². The summed E-state index contributed by atoms with van der Waals surface area (Å²) < 4.78 is 51.4. The van der Waals surface area contributed by atoms with Crippen molar-refractivity contribution in [1.29, 1.82) is 0 Å². The molecule has 0 radical (unpaired) electrons. The minimum atomic E-state index is -0.968. The van der Waals surface area contributed by atoms with Crippen LogP contribution in [0.2, 0.25) is 0 Å². The van der Waals surface area contributed by atoms with Crippen LogP contribution in [0.5, 0.6) is 34.5 Å². The standard InChI is InChI=1S/C97H63F2NO3/c1-3-62-29-48-73(49-30-62)101-75-52-38-67(39-53-75)95(65-34-42-69(98)43-35-65)84-22-10-5-20-80(84)82-56-46-71(60-89(82)95)100(92-27-15-9-17-77(92)64-33-58-94-91(59-64)97(88-26-14-16-28-93(88)103-94)86-24-12-7-18-78(86)79-19-8-13-25-87(79)97)72-47-57-83-81-21-6-11-23-85(81)96(90(83)61-72,66-36-44-70(99)45-37-66)68-40-54-76(55-41-68)102-74-50-31-63(4-2)32-51-74/h3-61H,1-2H2. The highest BCUT2D eigenvalue weighted by molar-refractivity contribution is 5.96. The number of hydrogen-bond donors (Lipinski definition) is 0. The number of anilines is 3. The van der Waals surface area contributed by atoms with E-state index in [0.29, 0.717) is 23.0 Å². The fraction of sp³-hybridized carbons (Fsp3) is 0.0309. The second-order valence-electron chi connectivity index (χ2n) is 26.9. The summed E-state index contributed by atoms with van der Waals surface area (Å²) in [6, 6.07) is 119. The molecule has 0 bridgehead atoms. The highest BCUT2D eigenvalue weighted by atomic mass is 19.1. The molecule has 19 rings (SSSR count). The summed E-state index contributed by atoms with van der Waals surface area (Å²) >= 11 is 0. The van der Waals surface area contributed by atoms with Gasteiger partial charge in [0.1, 0.15) is 46.1 Å². The van der Waals surface area contributed by atoms with E-state index >= 15 is 8.78 Å². The first-order chi connectivity index (χ1) is 50.7. The Kier molecular flexibility index (Phi) is 14.2. The van der Waals surface area contributed by atoms with Crippen molar-refractivity contribution >= 4 is 29.2 Å². The molecule has 1 heterocycles. The van der Waals surface area contributed by atoms with Crippen LogP contribution in [0.1, 0.15) is 77.9 Å². The van der Waals surface area contributed by atoms with Crippen LogP contribution in [0.15, 0.2) is 359 Å². The summed E-state index contributed by atoms with van der Waals surface area (Å²) in [6.45, 7) is 7.89. The van der Waals surface area contributed by atoms with E-state index in [4.69, 9.17) is 14.2 Å². The maximum Gasteiger partial charge on any atom is 0.132 e. The molecule has 103 heavy (non-hydrogen) atoms. The van der Waals surface area contributed by atoms with E-state index in [2.05, 4.69) is 243 Å². The SMILES string of the molecule is C=Cc1ccc(Oc2ccc(C3(c4ccc(F)cc4)c4ccccc4-c4ccc(N(c5ccc6c(c5)C(c5ccc(F)cc5)(c5ccc(Oc7ccc(C=C)cc7)cc5)c5ccccc5-6)c5ccccc5-c5ccc6c(c5)C5(c7ccccc7O6)c6ccccc6-c6ccccc65)cc43)cc2)cc1. The average Bonchev–Trinajstić information content (AvgIpc) is 1.56. The smallest absolute Gasteiger partial charge is 0.132 e. The molecule has 2 unspecified atom stereocenters. The third-order valence-electron chi connectivity index (χ3n) is 21.7. The Hall–Kier alpha value is -13.2. The molecule has 488 valence electrons. The van der Waals surface area contributed by atoms with Gasteiger partial charge in [-0.2, -0.15) is 0 Å². The Morgan fingerprint density at radius 2 is 0.621 bits per heavy atom. The van der Waals surface area contributed by atoms with Gasteiger partial charge in [-0.05, 0) is 227 Å². The number of halogens is 2. The maximum atomic E-state index is 15.6. The molecule has 0 aromatic heterocycles. The van der Waals surface area contributed by atoms with Crippen LogP contribution in [0.4, 0.5) is 25.8 Å². The van der Waals surface area contributed by atoms with Gasteiger partial charge in [0.15, 0.2) is 0 Å². The summed E-state index contributed by atoms with van der Waals surface area (Å²) in [5, 5.41) is 0. The van der Waals surface area contributed by atoms with Gasteiger partial charge in [-0.15, -0.1) is 0 Å². The van der Waals surface area contributed by atoms with E-state index in [1.54, 1.807) is 24.3 Å². The Morgan fingerprint density at radius 3 is 1.05 bits per heavy atom. The summed E-state index contributed by atoms with van der Waals surface area (Å²) in [5.41, 5.74) is 23.1. The van der Waals surface area contributed by atoms with E-state index in [9.17, 15) is 0 Å². The third kappa shape index (κ3) is 9.34. The largest absolute Gasteiger partial charge is 0.457 e. The van der Waals surface area contributed by atoms with Gasteiger partial charge in [0, 0.05) is 28.1 Å². The van der Waals surface area contributed by atoms with Crippen molar-refractivity contribution in [2.24, 2.45) is 0 Å². The lowest BCUT2D eigenvalue weighted by molar-refractivity contribution is 0.436. The van der Waals surface area contributed by atoms with Gasteiger partial charge in [0.05, 0.1) is 21.9 Å². The van der Waals surface area contributed by atoms with Gasteiger partial charge in [-0.25, -0.2) is 8.78 Å². The number of nitrogens with zero attached hydrogens (tertiary/aromatic N) is 1. The second-order valence-corrected chi connectivity index (χ2v) is 26.9. The van der Waals surface area contributed by atoms with Crippen molar-refractivity contribution in [3.63, 3.8) is 0 Å². The molecule has 4 nitrogen and oxygen atoms in total. The maximum absolute atomic E-state index is 15.6. The summed E-state index contributed by atoms with van der Waals surface area (Å²) in [7, 11) is 0. The number of para-hydroxylation sites is 2. The van der Waals surface area contributed by atoms with E-state index in [1.807, 2.05) is 109 Å². The zero-order chi connectivity index (χ0) is 69.0. The Morgan fingerprint density at radius 1 is 0.282 bits per heavy atom. The number of fused-ring (bicyclic) bond motifs is 15. The molecule has 0 saturated carbocycles. The topological polar surface area (TPSA) is 30.9 Å². The van der Waals surface area contributed by atoms with Crippen LogP contribution in [0, 0.1) is 11.6 Å². The minimum absolute atomic E-state index is 0.326. The van der Waals surface area contributed by atoms with E-state index in [1.165, 1.54) is 22.3 Å². The van der Waals surface area contributed by atoms with Crippen molar-refractivity contribution in [1.82, 2.24) is 0 Å². The molecule has 15 aromatic carbocycles. The van der Waals surface area contributed by atoms with Crippen molar-refractivity contribution in [2.75, 3.05) is 4.90 Å². The highest BCUT2D eigenvalue weighted by Crippen LogP contribution is 2.64. The molecular weight excluding hydrogens is 1270 g/mol. The first-order valence-electron chi connectivity index (χ1n) is 34.8. The first-order valence-corrected chi connectivity index (χ1v) is 34.8. The third-order valence-corrected chi connectivity index (χ3v) is 21.7. The van der Waals surface area contributed by atoms with Gasteiger partial charge in [0.2, 0.25) is 0 Å². The molecule has 2 atom stereocenters. The minimum Gasteiger partial charge on any atom is -0.457 e. The molecule has 0 amide bonds. The fourth-order valence-corrected chi connectivity index (χ4v) is 17.3. The quantitative estimate of drug-likeness (QED) is 0.109. The van der Waals surface area contributed by atoms with Gasteiger partial charge in [0.25, 0.3) is 0 Å². The molecule has 6 heteroatoms. The number of benzene rings is 15. The average molecular weight is 1330 g/mol. The number of ether oxygens (including phenoxy) is 3. The zero-order valence-electron chi connectivity index (χ0n) is 55.9. The molecule has 0 fully saturated rings. The summed E-state index contributed by atoms with van der Waals surface area (Å²) in [6.07, 6.45) is 3.63. The van der Waals surface area contributed by atoms with Crippen LogP contribution in [-0.4, -0.2) is 0 Å². The monoisotopic (exact) mass is 1330 g/mol. The van der Waals surface area contributed by atoms with Crippen LogP contribution >= 0.6 is 0 Å². The van der Waals surface area contributed by atoms with E-state index in [-0.39, 0.29) is 11.6 Å². The lowest BCUT2D eigenvalue weighted by atomic mass is 9.65. The molecule has 3 aliphatic carbocycles. The summed E-state index contributed by atoms with van der Waals surface area (Å²) in [5.74, 6) is 3.72.